The lowest BCUT2D eigenvalue weighted by atomic mass is 10.1. The Labute approximate surface area is 130 Å². The zero-order valence-corrected chi connectivity index (χ0v) is 13.1. The number of aromatic nitrogens is 3. The van der Waals surface area contributed by atoms with E-state index in [1.807, 2.05) is 12.3 Å². The van der Waals surface area contributed by atoms with Crippen molar-refractivity contribution in [1.29, 1.82) is 0 Å². The van der Waals surface area contributed by atoms with Crippen LogP contribution in [0.1, 0.15) is 23.7 Å². The summed E-state index contributed by atoms with van der Waals surface area (Å²) in [6, 6.07) is 6.46. The summed E-state index contributed by atoms with van der Waals surface area (Å²) in [4.78, 5) is 6.69. The largest absolute Gasteiger partial charge is 0.481 e. The molecule has 0 amide bonds. The zero-order chi connectivity index (χ0) is 15.4. The summed E-state index contributed by atoms with van der Waals surface area (Å²) < 4.78 is 12.7. The Hall–Kier alpha value is -1.92. The molecule has 1 atom stereocenters. The van der Waals surface area contributed by atoms with Gasteiger partial charge in [-0.05, 0) is 18.6 Å². The Morgan fingerprint density at radius 2 is 2.18 bits per heavy atom. The molecule has 3 heterocycles. The Morgan fingerprint density at radius 1 is 1.27 bits per heavy atom. The molecular formula is C16H22N4O2. The van der Waals surface area contributed by atoms with Crippen LogP contribution in [0.15, 0.2) is 30.6 Å². The summed E-state index contributed by atoms with van der Waals surface area (Å²) in [5.41, 5.74) is 2.36. The molecule has 0 saturated carbocycles. The molecule has 1 unspecified atom stereocenters. The molecule has 3 rings (SSSR count). The number of rotatable bonds is 6. The van der Waals surface area contributed by atoms with Crippen LogP contribution in [0, 0.1) is 0 Å². The third-order valence-electron chi connectivity index (χ3n) is 4.05. The predicted octanol–water partition coefficient (Wildman–Crippen LogP) is 1.88. The van der Waals surface area contributed by atoms with Gasteiger partial charge in [0.2, 0.25) is 5.88 Å². The fraction of sp³-hybridized carbons (Fsp3) is 0.500. The van der Waals surface area contributed by atoms with Crippen molar-refractivity contribution in [3.63, 3.8) is 0 Å². The van der Waals surface area contributed by atoms with Crippen LogP contribution in [-0.2, 0) is 17.8 Å². The van der Waals surface area contributed by atoms with Gasteiger partial charge in [-0.1, -0.05) is 6.07 Å². The first-order valence-corrected chi connectivity index (χ1v) is 7.53. The van der Waals surface area contributed by atoms with Gasteiger partial charge in [0, 0.05) is 51.3 Å². The Morgan fingerprint density at radius 3 is 3.00 bits per heavy atom. The highest BCUT2D eigenvalue weighted by molar-refractivity contribution is 5.25. The van der Waals surface area contributed by atoms with E-state index in [2.05, 4.69) is 31.8 Å². The quantitative estimate of drug-likeness (QED) is 0.815. The molecular weight excluding hydrogens is 280 g/mol. The highest BCUT2D eigenvalue weighted by atomic mass is 16.5. The molecule has 0 saturated heterocycles. The summed E-state index contributed by atoms with van der Waals surface area (Å²) in [6.45, 7) is 3.41. The van der Waals surface area contributed by atoms with Gasteiger partial charge in [0.05, 0.1) is 18.8 Å². The van der Waals surface area contributed by atoms with E-state index in [1.54, 1.807) is 20.4 Å². The number of nitrogens with zero attached hydrogens (tertiary/aromatic N) is 4. The highest BCUT2D eigenvalue weighted by Gasteiger charge is 2.25. The van der Waals surface area contributed by atoms with Gasteiger partial charge in [0.15, 0.2) is 0 Å². The van der Waals surface area contributed by atoms with Crippen molar-refractivity contribution in [2.45, 2.75) is 25.6 Å². The van der Waals surface area contributed by atoms with E-state index < -0.39 is 0 Å². The van der Waals surface area contributed by atoms with Gasteiger partial charge in [-0.15, -0.1) is 0 Å². The van der Waals surface area contributed by atoms with Gasteiger partial charge in [-0.25, -0.2) is 4.98 Å². The van der Waals surface area contributed by atoms with Crippen LogP contribution >= 0.6 is 0 Å². The van der Waals surface area contributed by atoms with E-state index in [-0.39, 0.29) is 0 Å². The molecule has 0 spiro atoms. The third kappa shape index (κ3) is 3.13. The highest BCUT2D eigenvalue weighted by Crippen LogP contribution is 2.26. The Kier molecular flexibility index (Phi) is 4.70. The number of methoxy groups -OCH3 is 2. The van der Waals surface area contributed by atoms with Gasteiger partial charge >= 0.3 is 0 Å². The number of ether oxygens (including phenoxy) is 2. The second-order valence-electron chi connectivity index (χ2n) is 5.54. The Balaban J connectivity index is 1.75. The molecule has 22 heavy (non-hydrogen) atoms. The molecule has 2 aromatic rings. The van der Waals surface area contributed by atoms with Crippen LogP contribution in [0.4, 0.5) is 0 Å². The fourth-order valence-electron chi connectivity index (χ4n) is 3.02. The van der Waals surface area contributed by atoms with E-state index in [0.29, 0.717) is 11.9 Å². The molecule has 0 radical (unpaired) electrons. The van der Waals surface area contributed by atoms with Crippen molar-refractivity contribution in [1.82, 2.24) is 19.7 Å². The third-order valence-corrected chi connectivity index (χ3v) is 4.05. The monoisotopic (exact) mass is 302 g/mol. The fourth-order valence-corrected chi connectivity index (χ4v) is 3.02. The molecule has 2 aromatic heterocycles. The van der Waals surface area contributed by atoms with Crippen LogP contribution < -0.4 is 4.74 Å². The smallest absolute Gasteiger partial charge is 0.217 e. The minimum absolute atomic E-state index is 0.348. The molecule has 1 aliphatic rings. The first-order valence-electron chi connectivity index (χ1n) is 7.53. The van der Waals surface area contributed by atoms with Crippen LogP contribution in [0.5, 0.6) is 5.88 Å². The number of pyridine rings is 1. The maximum atomic E-state index is 5.36. The first kappa shape index (κ1) is 15.0. The lowest BCUT2D eigenvalue weighted by molar-refractivity contribution is 0.124. The first-order chi connectivity index (χ1) is 10.8. The molecule has 6 nitrogen and oxygen atoms in total. The molecule has 0 aromatic carbocycles. The van der Waals surface area contributed by atoms with Gasteiger partial charge in [0.25, 0.3) is 0 Å². The van der Waals surface area contributed by atoms with Gasteiger partial charge in [0.1, 0.15) is 0 Å². The minimum atomic E-state index is 0.348. The minimum Gasteiger partial charge on any atom is -0.481 e. The van der Waals surface area contributed by atoms with Crippen LogP contribution in [0.3, 0.4) is 0 Å². The summed E-state index contributed by atoms with van der Waals surface area (Å²) in [7, 11) is 3.41. The van der Waals surface area contributed by atoms with E-state index in [1.165, 1.54) is 5.69 Å². The van der Waals surface area contributed by atoms with E-state index >= 15 is 0 Å². The molecule has 0 aliphatic carbocycles. The molecule has 0 N–H and O–H groups in total. The van der Waals surface area contributed by atoms with E-state index in [9.17, 15) is 0 Å². The normalized spacial score (nSPS) is 18.2. The predicted molar refractivity (Wildman–Crippen MR) is 82.7 cm³/mol. The van der Waals surface area contributed by atoms with Crippen LogP contribution in [0.2, 0.25) is 0 Å². The molecule has 118 valence electrons. The molecule has 6 heteroatoms. The van der Waals surface area contributed by atoms with Gasteiger partial charge < -0.3 is 9.47 Å². The van der Waals surface area contributed by atoms with Crippen molar-refractivity contribution in [2.75, 3.05) is 27.4 Å². The molecule has 1 aliphatic heterocycles. The van der Waals surface area contributed by atoms with Gasteiger partial charge in [-0.3, -0.25) is 9.58 Å². The maximum absolute atomic E-state index is 5.36. The summed E-state index contributed by atoms with van der Waals surface area (Å²) in [5.74, 6) is 0.704. The number of fused-ring (bicyclic) bond motifs is 1. The van der Waals surface area contributed by atoms with E-state index in [0.717, 1.165) is 38.2 Å². The number of hydrogen-bond acceptors (Lipinski definition) is 5. The topological polar surface area (TPSA) is 52.4 Å². The second kappa shape index (κ2) is 6.89. The summed E-state index contributed by atoms with van der Waals surface area (Å²) in [5, 5.41) is 4.46. The van der Waals surface area contributed by atoms with Crippen molar-refractivity contribution in [3.8, 4) is 5.88 Å². The summed E-state index contributed by atoms with van der Waals surface area (Å²) >= 11 is 0. The van der Waals surface area contributed by atoms with Crippen LogP contribution in [0.25, 0.3) is 0 Å². The average Bonchev–Trinajstić information content (AvgIpc) is 3.01. The Bertz CT molecular complexity index is 614. The standard InChI is InChI=1S/C16H22N4O2/c1-21-9-6-15-12-19(11-14-5-8-18-20(14)15)10-13-4-3-7-17-16(13)22-2/h3-5,7-8,15H,6,9-12H2,1-2H3. The van der Waals surface area contributed by atoms with Crippen molar-refractivity contribution in [2.24, 2.45) is 0 Å². The second-order valence-corrected chi connectivity index (χ2v) is 5.54. The maximum Gasteiger partial charge on any atom is 0.217 e. The van der Waals surface area contributed by atoms with Crippen molar-refractivity contribution < 1.29 is 9.47 Å². The van der Waals surface area contributed by atoms with Gasteiger partial charge in [-0.2, -0.15) is 5.10 Å². The van der Waals surface area contributed by atoms with Crippen molar-refractivity contribution >= 4 is 0 Å². The average molecular weight is 302 g/mol. The lowest BCUT2D eigenvalue weighted by Crippen LogP contribution is -2.37. The van der Waals surface area contributed by atoms with Crippen LogP contribution in [-0.4, -0.2) is 47.0 Å². The number of hydrogen-bond donors (Lipinski definition) is 0. The summed E-state index contributed by atoms with van der Waals surface area (Å²) in [6.07, 6.45) is 4.60. The SMILES string of the molecule is COCCC1CN(Cc2cccnc2OC)Cc2ccnn21. The zero-order valence-electron chi connectivity index (χ0n) is 13.1. The van der Waals surface area contributed by atoms with E-state index in [4.69, 9.17) is 9.47 Å². The molecule has 0 bridgehead atoms. The molecule has 0 fully saturated rings. The van der Waals surface area contributed by atoms with Crippen molar-refractivity contribution in [3.05, 3.63) is 41.9 Å². The lowest BCUT2D eigenvalue weighted by Gasteiger charge is -2.34.